The number of hydrogen-bond donors (Lipinski definition) is 0. The highest BCUT2D eigenvalue weighted by Crippen LogP contribution is 2.20. The van der Waals surface area contributed by atoms with Crippen LogP contribution in [0, 0.1) is 12.8 Å². The Morgan fingerprint density at radius 3 is 2.72 bits per heavy atom. The maximum atomic E-state index is 12.4. The topological polar surface area (TPSA) is 41.4 Å². The minimum absolute atomic E-state index is 0.0651. The van der Waals surface area contributed by atoms with E-state index in [1.165, 1.54) is 11.1 Å². The average molecular weight is 340 g/mol. The van der Waals surface area contributed by atoms with Crippen molar-refractivity contribution in [3.05, 3.63) is 53.3 Å². The highest BCUT2D eigenvalue weighted by atomic mass is 16.2. The molecule has 2 aromatic rings. The molecule has 134 valence electrons. The third-order valence-electron chi connectivity index (χ3n) is 5.03. The zero-order chi connectivity index (χ0) is 17.8. The summed E-state index contributed by atoms with van der Waals surface area (Å²) in [7, 11) is 3.73. The van der Waals surface area contributed by atoms with Crippen LogP contribution >= 0.6 is 0 Å². The lowest BCUT2D eigenvalue weighted by molar-refractivity contribution is 0.0737. The summed E-state index contributed by atoms with van der Waals surface area (Å²) in [6, 6.07) is 8.76. The summed E-state index contributed by atoms with van der Waals surface area (Å²) in [4.78, 5) is 16.8. The predicted octanol–water partition coefficient (Wildman–Crippen LogP) is 2.71. The van der Waals surface area contributed by atoms with Crippen LogP contribution in [-0.2, 0) is 13.6 Å². The van der Waals surface area contributed by atoms with E-state index in [0.29, 0.717) is 11.5 Å². The van der Waals surface area contributed by atoms with Gasteiger partial charge >= 0.3 is 0 Å². The van der Waals surface area contributed by atoms with Crippen LogP contribution in [0.4, 0.5) is 0 Å². The summed E-state index contributed by atoms with van der Waals surface area (Å²) in [6.07, 6.45) is 5.72. The number of benzene rings is 1. The van der Waals surface area contributed by atoms with Gasteiger partial charge < -0.3 is 4.90 Å². The number of nitrogens with zero attached hydrogens (tertiary/aromatic N) is 4. The van der Waals surface area contributed by atoms with Gasteiger partial charge in [-0.05, 0) is 44.3 Å². The largest absolute Gasteiger partial charge is 0.341 e. The van der Waals surface area contributed by atoms with Gasteiger partial charge in [0.1, 0.15) is 0 Å². The summed E-state index contributed by atoms with van der Waals surface area (Å²) < 4.78 is 1.67. The Hall–Kier alpha value is -2.14. The van der Waals surface area contributed by atoms with Crippen molar-refractivity contribution >= 4 is 5.91 Å². The Morgan fingerprint density at radius 2 is 2.08 bits per heavy atom. The fourth-order valence-electron chi connectivity index (χ4n) is 3.62. The van der Waals surface area contributed by atoms with Gasteiger partial charge in [0.2, 0.25) is 0 Å². The third-order valence-corrected chi connectivity index (χ3v) is 5.03. The summed E-state index contributed by atoms with van der Waals surface area (Å²) in [5.74, 6) is 0.648. The Bertz CT molecular complexity index is 716. The number of aryl methyl sites for hydroxylation is 2. The molecular formula is C20H28N4O. The molecule has 0 aliphatic carbocycles. The molecule has 1 aliphatic rings. The van der Waals surface area contributed by atoms with E-state index < -0.39 is 0 Å². The van der Waals surface area contributed by atoms with E-state index >= 15 is 0 Å². The molecule has 1 amide bonds. The zero-order valence-electron chi connectivity index (χ0n) is 15.5. The maximum absolute atomic E-state index is 12.4. The molecule has 0 saturated carbocycles. The second-order valence-electron chi connectivity index (χ2n) is 7.30. The Kier molecular flexibility index (Phi) is 5.53. The maximum Gasteiger partial charge on any atom is 0.256 e. The highest BCUT2D eigenvalue weighted by Gasteiger charge is 2.23. The third kappa shape index (κ3) is 4.69. The minimum Gasteiger partial charge on any atom is -0.341 e. The lowest BCUT2D eigenvalue weighted by Gasteiger charge is -2.34. The van der Waals surface area contributed by atoms with Gasteiger partial charge in [0, 0.05) is 33.4 Å². The second kappa shape index (κ2) is 7.83. The van der Waals surface area contributed by atoms with Crippen LogP contribution in [0.1, 0.15) is 34.3 Å². The van der Waals surface area contributed by atoms with Gasteiger partial charge in [0.25, 0.3) is 5.91 Å². The number of amides is 1. The Labute approximate surface area is 150 Å². The first-order valence-electron chi connectivity index (χ1n) is 9.03. The predicted molar refractivity (Wildman–Crippen MR) is 99.3 cm³/mol. The number of aromatic nitrogens is 2. The van der Waals surface area contributed by atoms with E-state index in [0.717, 1.165) is 39.0 Å². The molecule has 0 bridgehead atoms. The molecule has 0 spiro atoms. The highest BCUT2D eigenvalue weighted by molar-refractivity contribution is 5.93. The summed E-state index contributed by atoms with van der Waals surface area (Å²) in [6.45, 7) is 6.21. The van der Waals surface area contributed by atoms with Crippen molar-refractivity contribution in [1.82, 2.24) is 19.6 Å². The first kappa shape index (κ1) is 17.7. The summed E-state index contributed by atoms with van der Waals surface area (Å²) >= 11 is 0. The van der Waals surface area contributed by atoms with Gasteiger partial charge in [0.05, 0.1) is 11.8 Å². The first-order chi connectivity index (χ1) is 12.0. The molecule has 0 unspecified atom stereocenters. The number of carbonyl (C=O) groups is 1. The zero-order valence-corrected chi connectivity index (χ0v) is 15.5. The van der Waals surface area contributed by atoms with E-state index in [1.54, 1.807) is 17.1 Å². The first-order valence-corrected chi connectivity index (χ1v) is 9.03. The van der Waals surface area contributed by atoms with E-state index in [2.05, 4.69) is 41.2 Å². The summed E-state index contributed by atoms with van der Waals surface area (Å²) in [5, 5.41) is 4.09. The molecular weight excluding hydrogens is 312 g/mol. The molecule has 0 N–H and O–H groups in total. The number of carbonyl (C=O) groups excluding carboxylic acids is 1. The molecule has 1 fully saturated rings. The molecule has 1 saturated heterocycles. The van der Waals surface area contributed by atoms with Gasteiger partial charge in [0.15, 0.2) is 0 Å². The van der Waals surface area contributed by atoms with E-state index in [1.807, 2.05) is 19.0 Å². The molecule has 25 heavy (non-hydrogen) atoms. The monoisotopic (exact) mass is 340 g/mol. The average Bonchev–Trinajstić information content (AvgIpc) is 3.02. The lowest BCUT2D eigenvalue weighted by Crippen LogP contribution is -2.39. The van der Waals surface area contributed by atoms with Gasteiger partial charge in [-0.25, -0.2) is 0 Å². The molecule has 0 radical (unpaired) electrons. The van der Waals surface area contributed by atoms with Gasteiger partial charge in [-0.15, -0.1) is 0 Å². The molecule has 2 heterocycles. The van der Waals surface area contributed by atoms with Crippen molar-refractivity contribution < 1.29 is 4.79 Å². The van der Waals surface area contributed by atoms with E-state index in [-0.39, 0.29) is 5.91 Å². The number of piperidine rings is 1. The quantitative estimate of drug-likeness (QED) is 0.840. The molecule has 1 aliphatic heterocycles. The standard InChI is InChI=1S/C20H28N4O/c1-16-5-4-6-18(11-16)14-24-9-7-17(8-10-24)13-22(2)20(25)19-12-21-23(3)15-19/h4-6,11-12,15,17H,7-10,13-14H2,1-3H3. The molecule has 1 aromatic carbocycles. The number of hydrogen-bond acceptors (Lipinski definition) is 3. The SMILES string of the molecule is Cc1cccc(CN2CCC(CN(C)C(=O)c3cnn(C)c3)CC2)c1. The normalized spacial score (nSPS) is 16.1. The van der Waals surface area contributed by atoms with Crippen LogP contribution in [0.5, 0.6) is 0 Å². The summed E-state index contributed by atoms with van der Waals surface area (Å²) in [5.41, 5.74) is 3.38. The lowest BCUT2D eigenvalue weighted by atomic mass is 9.95. The minimum atomic E-state index is 0.0651. The molecule has 0 atom stereocenters. The van der Waals surface area contributed by atoms with Gasteiger partial charge in [-0.2, -0.15) is 5.10 Å². The Balaban J connectivity index is 1.46. The van der Waals surface area contributed by atoms with Crippen LogP contribution in [0.25, 0.3) is 0 Å². The molecule has 5 nitrogen and oxygen atoms in total. The van der Waals surface area contributed by atoms with Crippen LogP contribution in [0.3, 0.4) is 0 Å². The molecule has 5 heteroatoms. The van der Waals surface area contributed by atoms with Crippen molar-refractivity contribution in [2.45, 2.75) is 26.3 Å². The van der Waals surface area contributed by atoms with Gasteiger partial charge in [-0.3, -0.25) is 14.4 Å². The van der Waals surface area contributed by atoms with Crippen molar-refractivity contribution in [1.29, 1.82) is 0 Å². The van der Waals surface area contributed by atoms with Crippen LogP contribution in [0.2, 0.25) is 0 Å². The second-order valence-corrected chi connectivity index (χ2v) is 7.30. The fourth-order valence-corrected chi connectivity index (χ4v) is 3.62. The van der Waals surface area contributed by atoms with Crippen molar-refractivity contribution in [3.8, 4) is 0 Å². The van der Waals surface area contributed by atoms with Crippen molar-refractivity contribution in [2.75, 3.05) is 26.7 Å². The van der Waals surface area contributed by atoms with Crippen molar-refractivity contribution in [3.63, 3.8) is 0 Å². The van der Waals surface area contributed by atoms with E-state index in [4.69, 9.17) is 0 Å². The van der Waals surface area contributed by atoms with Crippen LogP contribution < -0.4 is 0 Å². The molecule has 3 rings (SSSR count). The van der Waals surface area contributed by atoms with Crippen LogP contribution in [0.15, 0.2) is 36.7 Å². The number of rotatable bonds is 5. The van der Waals surface area contributed by atoms with E-state index in [9.17, 15) is 4.79 Å². The van der Waals surface area contributed by atoms with Crippen LogP contribution in [-0.4, -0.2) is 52.2 Å². The fraction of sp³-hybridized carbons (Fsp3) is 0.500. The number of likely N-dealkylation sites (tertiary alicyclic amines) is 1. The molecule has 1 aromatic heterocycles. The van der Waals surface area contributed by atoms with Crippen molar-refractivity contribution in [2.24, 2.45) is 13.0 Å². The Morgan fingerprint density at radius 1 is 1.32 bits per heavy atom. The smallest absolute Gasteiger partial charge is 0.256 e. The van der Waals surface area contributed by atoms with Gasteiger partial charge in [-0.1, -0.05) is 29.8 Å².